The predicted molar refractivity (Wildman–Crippen MR) is 57.0 cm³/mol. The van der Waals surface area contributed by atoms with Crippen LogP contribution in [0.4, 0.5) is 0 Å². The zero-order chi connectivity index (χ0) is 12.0. The molecule has 0 saturated heterocycles. The molecule has 1 aromatic carbocycles. The van der Waals surface area contributed by atoms with E-state index in [9.17, 15) is 14.5 Å². The molecular weight excluding hydrogens is 210 g/mol. The van der Waals surface area contributed by atoms with Crippen molar-refractivity contribution in [3.05, 3.63) is 40.8 Å². The number of ketones is 1. The quantitative estimate of drug-likeness (QED) is 0.327. The minimum Gasteiger partial charge on any atom is -0.464 e. The summed E-state index contributed by atoms with van der Waals surface area (Å²) in [6, 6.07) is 6.42. The molecule has 1 rings (SSSR count). The van der Waals surface area contributed by atoms with Crippen LogP contribution in [-0.4, -0.2) is 24.4 Å². The summed E-state index contributed by atoms with van der Waals surface area (Å²) in [6.45, 7) is 1.69. The summed E-state index contributed by atoms with van der Waals surface area (Å²) in [5.74, 6) is -1.56. The monoisotopic (exact) mass is 221 g/mol. The highest BCUT2D eigenvalue weighted by Gasteiger charge is 2.29. The summed E-state index contributed by atoms with van der Waals surface area (Å²) >= 11 is 0. The van der Waals surface area contributed by atoms with Gasteiger partial charge in [-0.3, -0.25) is 4.79 Å². The highest BCUT2D eigenvalue weighted by atomic mass is 16.5. The molecule has 5 heteroatoms. The highest BCUT2D eigenvalue weighted by Crippen LogP contribution is 2.07. The van der Waals surface area contributed by atoms with Crippen LogP contribution < -0.4 is 0 Å². The first-order valence-corrected chi connectivity index (χ1v) is 4.79. The molecule has 84 valence electrons. The van der Waals surface area contributed by atoms with Crippen molar-refractivity contribution in [2.45, 2.75) is 13.0 Å². The van der Waals surface area contributed by atoms with Crippen LogP contribution in [0.15, 0.2) is 35.5 Å². The second kappa shape index (κ2) is 5.75. The van der Waals surface area contributed by atoms with E-state index in [0.29, 0.717) is 0 Å². The summed E-state index contributed by atoms with van der Waals surface area (Å²) in [4.78, 5) is 33.4. The van der Waals surface area contributed by atoms with E-state index < -0.39 is 17.8 Å². The summed E-state index contributed by atoms with van der Waals surface area (Å²) in [5, 5.41) is 2.51. The van der Waals surface area contributed by atoms with Crippen LogP contribution in [-0.2, 0) is 9.53 Å². The second-order valence-corrected chi connectivity index (χ2v) is 2.99. The van der Waals surface area contributed by atoms with Crippen LogP contribution in [0.1, 0.15) is 17.3 Å². The lowest BCUT2D eigenvalue weighted by atomic mass is 10.1. The molecule has 0 aromatic heterocycles. The largest absolute Gasteiger partial charge is 0.464 e. The Hall–Kier alpha value is -2.04. The van der Waals surface area contributed by atoms with E-state index >= 15 is 0 Å². The number of rotatable bonds is 5. The minimum absolute atomic E-state index is 0.104. The smallest absolute Gasteiger partial charge is 0.342 e. The first-order valence-electron chi connectivity index (χ1n) is 4.79. The van der Waals surface area contributed by atoms with Crippen LogP contribution in [0.25, 0.3) is 0 Å². The Bertz CT molecular complexity index is 388. The van der Waals surface area contributed by atoms with E-state index in [1.165, 1.54) is 12.1 Å². The molecule has 0 radical (unpaired) electrons. The number of carbonyl (C=O) groups excluding carboxylic acids is 2. The van der Waals surface area contributed by atoms with Crippen molar-refractivity contribution in [3.8, 4) is 0 Å². The molecule has 0 amide bonds. The van der Waals surface area contributed by atoms with Gasteiger partial charge in [-0.25, -0.2) is 4.79 Å². The Morgan fingerprint density at radius 1 is 1.31 bits per heavy atom. The van der Waals surface area contributed by atoms with Gasteiger partial charge in [0, 0.05) is 5.56 Å². The highest BCUT2D eigenvalue weighted by molar-refractivity contribution is 6.12. The lowest BCUT2D eigenvalue weighted by Gasteiger charge is -2.06. The predicted octanol–water partition coefficient (Wildman–Crippen LogP) is 1.57. The van der Waals surface area contributed by atoms with Crippen LogP contribution in [0.2, 0.25) is 0 Å². The van der Waals surface area contributed by atoms with Gasteiger partial charge in [0.1, 0.15) is 0 Å². The Morgan fingerprint density at radius 3 is 2.44 bits per heavy atom. The fourth-order valence-electron chi connectivity index (χ4n) is 1.18. The van der Waals surface area contributed by atoms with Gasteiger partial charge >= 0.3 is 5.97 Å². The molecule has 1 aromatic rings. The summed E-state index contributed by atoms with van der Waals surface area (Å²) in [7, 11) is 0. The molecule has 0 fully saturated rings. The molecule has 0 heterocycles. The summed E-state index contributed by atoms with van der Waals surface area (Å²) < 4.78 is 4.58. The van der Waals surface area contributed by atoms with Crippen molar-refractivity contribution in [1.82, 2.24) is 0 Å². The Kier molecular flexibility index (Phi) is 4.32. The molecule has 5 nitrogen and oxygen atoms in total. The van der Waals surface area contributed by atoms with Gasteiger partial charge in [0.2, 0.25) is 5.78 Å². The minimum atomic E-state index is -1.61. The standard InChI is InChI=1S/C11H11NO4/c1-2-16-11(14)9(12-15)10(13)8-6-4-3-5-7-8/h3-7,9H,2H2,1H3/t9-/m0/s1. The SMILES string of the molecule is CCOC(=O)[C@@H](N=O)C(=O)c1ccccc1. The number of Topliss-reactive ketones (excluding diaryl/α,β-unsaturated/α-hetero) is 1. The lowest BCUT2D eigenvalue weighted by molar-refractivity contribution is -0.143. The van der Waals surface area contributed by atoms with Gasteiger partial charge in [0.25, 0.3) is 6.04 Å². The Balaban J connectivity index is 2.86. The third-order valence-corrected chi connectivity index (χ3v) is 1.92. The van der Waals surface area contributed by atoms with Crippen LogP contribution in [0.3, 0.4) is 0 Å². The van der Waals surface area contributed by atoms with E-state index in [0.717, 1.165) is 0 Å². The fourth-order valence-corrected chi connectivity index (χ4v) is 1.18. The Morgan fingerprint density at radius 2 is 1.94 bits per heavy atom. The number of nitrogens with zero attached hydrogens (tertiary/aromatic N) is 1. The maximum absolute atomic E-state index is 11.7. The van der Waals surface area contributed by atoms with E-state index in [1.807, 2.05) is 0 Å². The van der Waals surface area contributed by atoms with Gasteiger partial charge in [0.05, 0.1) is 6.61 Å². The third kappa shape index (κ3) is 2.73. The number of hydrogen-bond acceptors (Lipinski definition) is 5. The molecule has 0 bridgehead atoms. The topological polar surface area (TPSA) is 72.8 Å². The van der Waals surface area contributed by atoms with Gasteiger partial charge in [-0.15, -0.1) is 4.91 Å². The number of benzene rings is 1. The van der Waals surface area contributed by atoms with Crippen molar-refractivity contribution in [2.75, 3.05) is 6.61 Å². The van der Waals surface area contributed by atoms with Crippen molar-refractivity contribution in [1.29, 1.82) is 0 Å². The molecule has 0 saturated carbocycles. The van der Waals surface area contributed by atoms with E-state index in [2.05, 4.69) is 9.91 Å². The number of ether oxygens (including phenoxy) is 1. The van der Waals surface area contributed by atoms with Gasteiger partial charge in [0.15, 0.2) is 0 Å². The number of nitroso groups, excluding NO2 is 1. The van der Waals surface area contributed by atoms with Crippen molar-refractivity contribution >= 4 is 11.8 Å². The van der Waals surface area contributed by atoms with Crippen molar-refractivity contribution in [3.63, 3.8) is 0 Å². The lowest BCUT2D eigenvalue weighted by Crippen LogP contribution is -2.30. The second-order valence-electron chi connectivity index (χ2n) is 2.99. The number of carbonyl (C=O) groups is 2. The molecule has 0 spiro atoms. The zero-order valence-electron chi connectivity index (χ0n) is 8.75. The van der Waals surface area contributed by atoms with Crippen molar-refractivity contribution in [2.24, 2.45) is 5.18 Å². The van der Waals surface area contributed by atoms with E-state index in [1.54, 1.807) is 25.1 Å². The van der Waals surface area contributed by atoms with E-state index in [4.69, 9.17) is 0 Å². The molecule has 0 aliphatic carbocycles. The fraction of sp³-hybridized carbons (Fsp3) is 0.273. The van der Waals surface area contributed by atoms with Gasteiger partial charge < -0.3 is 4.74 Å². The first-order chi connectivity index (χ1) is 7.70. The van der Waals surface area contributed by atoms with Crippen LogP contribution in [0.5, 0.6) is 0 Å². The van der Waals surface area contributed by atoms with Crippen LogP contribution >= 0.6 is 0 Å². The molecule has 1 atom stereocenters. The molecule has 0 aliphatic heterocycles. The molecule has 16 heavy (non-hydrogen) atoms. The normalized spacial score (nSPS) is 11.6. The number of hydrogen-bond donors (Lipinski definition) is 0. The van der Waals surface area contributed by atoms with Crippen LogP contribution in [0, 0.1) is 4.91 Å². The number of esters is 1. The molecule has 0 N–H and O–H groups in total. The van der Waals surface area contributed by atoms with Gasteiger partial charge in [-0.2, -0.15) is 0 Å². The average Bonchev–Trinajstić information content (AvgIpc) is 2.31. The molecule has 0 aliphatic rings. The zero-order valence-corrected chi connectivity index (χ0v) is 8.75. The summed E-state index contributed by atoms with van der Waals surface area (Å²) in [6.07, 6.45) is 0. The summed E-state index contributed by atoms with van der Waals surface area (Å²) in [5.41, 5.74) is 0.264. The van der Waals surface area contributed by atoms with Gasteiger partial charge in [-0.1, -0.05) is 30.3 Å². The maximum atomic E-state index is 11.7. The molecular formula is C11H11NO4. The van der Waals surface area contributed by atoms with Gasteiger partial charge in [-0.05, 0) is 12.1 Å². The average molecular weight is 221 g/mol. The van der Waals surface area contributed by atoms with Crippen molar-refractivity contribution < 1.29 is 14.3 Å². The Labute approximate surface area is 92.4 Å². The third-order valence-electron chi connectivity index (χ3n) is 1.92. The van der Waals surface area contributed by atoms with E-state index in [-0.39, 0.29) is 12.2 Å². The first kappa shape index (κ1) is 12.0. The maximum Gasteiger partial charge on any atom is 0.342 e. The molecule has 0 unspecified atom stereocenters.